The predicted octanol–water partition coefficient (Wildman–Crippen LogP) is -0.634. The van der Waals surface area contributed by atoms with Crippen LogP contribution < -0.4 is 5.73 Å². The van der Waals surface area contributed by atoms with E-state index in [1.807, 2.05) is 0 Å². The van der Waals surface area contributed by atoms with Crippen molar-refractivity contribution in [3.05, 3.63) is 10.1 Å². The molecule has 0 aromatic carbocycles. The van der Waals surface area contributed by atoms with Crippen molar-refractivity contribution in [2.45, 2.75) is 6.04 Å². The van der Waals surface area contributed by atoms with Gasteiger partial charge in [0.15, 0.2) is 0 Å². The summed E-state index contributed by atoms with van der Waals surface area (Å²) in [6.07, 6.45) is 0. The van der Waals surface area contributed by atoms with Crippen molar-refractivity contribution >= 4 is 17.7 Å². The molecule has 6 nitrogen and oxygen atoms in total. The highest BCUT2D eigenvalue weighted by atomic mass is 32.2. The van der Waals surface area contributed by atoms with E-state index in [1.165, 1.54) is 0 Å². The molecule has 0 radical (unpaired) electrons. The van der Waals surface area contributed by atoms with Crippen molar-refractivity contribution in [3.63, 3.8) is 0 Å². The zero-order chi connectivity index (χ0) is 8.85. The average Bonchev–Trinajstić information content (AvgIpc) is 1.86. The lowest BCUT2D eigenvalue weighted by atomic mass is 10.4. The minimum absolute atomic E-state index is 0.0658. The van der Waals surface area contributed by atoms with E-state index in [-0.39, 0.29) is 11.6 Å². The second-order valence-electron chi connectivity index (χ2n) is 1.78. The van der Waals surface area contributed by atoms with E-state index in [0.29, 0.717) is 0 Å². The third-order valence-corrected chi connectivity index (χ3v) is 1.80. The Hall–Kier alpha value is -0.820. The van der Waals surface area contributed by atoms with E-state index >= 15 is 0 Å². The van der Waals surface area contributed by atoms with Gasteiger partial charge in [-0.25, -0.2) is 0 Å². The minimum atomic E-state index is -1.14. The first-order chi connectivity index (χ1) is 5.04. The van der Waals surface area contributed by atoms with Crippen LogP contribution in [0.5, 0.6) is 0 Å². The highest BCUT2D eigenvalue weighted by Crippen LogP contribution is 2.00. The van der Waals surface area contributed by atoms with Crippen LogP contribution in [0.3, 0.4) is 0 Å². The maximum atomic E-state index is 10.1. The van der Waals surface area contributed by atoms with E-state index < -0.39 is 16.9 Å². The fourth-order valence-electron chi connectivity index (χ4n) is 0.325. The largest absolute Gasteiger partial charge is 0.480 e. The number of carboxylic acid groups (broad SMARTS) is 1. The van der Waals surface area contributed by atoms with Crippen LogP contribution in [0.25, 0.3) is 0 Å². The molecule has 0 bridgehead atoms. The quantitative estimate of drug-likeness (QED) is 0.331. The number of nitrogens with two attached hydrogens (primary N) is 1. The second-order valence-corrected chi connectivity index (χ2v) is 2.78. The van der Waals surface area contributed by atoms with E-state index in [0.717, 1.165) is 11.8 Å². The first-order valence-corrected chi connectivity index (χ1v) is 3.87. The van der Waals surface area contributed by atoms with Crippen LogP contribution in [-0.4, -0.2) is 33.7 Å². The highest BCUT2D eigenvalue weighted by molar-refractivity contribution is 7.99. The standard InChI is InChI=1S/C4H8N2O4S/c5-3(4(7)8)1-11-2-6(9)10/h3H,1-2,5H2,(H,7,8)/t3-/m0/s1. The average molecular weight is 180 g/mol. The van der Waals surface area contributed by atoms with Crippen molar-refractivity contribution in [3.8, 4) is 0 Å². The van der Waals surface area contributed by atoms with Gasteiger partial charge in [-0.05, 0) is 0 Å². The molecule has 0 saturated heterocycles. The van der Waals surface area contributed by atoms with Crippen LogP contribution in [0.4, 0.5) is 0 Å². The van der Waals surface area contributed by atoms with Crippen LogP contribution in [0.2, 0.25) is 0 Å². The minimum Gasteiger partial charge on any atom is -0.480 e. The Balaban J connectivity index is 3.39. The number of aliphatic carboxylic acids is 1. The summed E-state index contributed by atoms with van der Waals surface area (Å²) < 4.78 is 0. The summed E-state index contributed by atoms with van der Waals surface area (Å²) in [5, 5.41) is 18.0. The molecule has 0 aliphatic rings. The molecule has 0 aliphatic carbocycles. The summed E-state index contributed by atoms with van der Waals surface area (Å²) in [5.41, 5.74) is 5.06. The van der Waals surface area contributed by atoms with Crippen LogP contribution in [-0.2, 0) is 4.79 Å². The molecule has 0 unspecified atom stereocenters. The molecular weight excluding hydrogens is 172 g/mol. The molecule has 0 amide bonds. The summed E-state index contributed by atoms with van der Waals surface area (Å²) in [4.78, 5) is 19.3. The normalized spacial score (nSPS) is 12.5. The molecule has 0 aromatic heterocycles. The second kappa shape index (κ2) is 4.91. The third kappa shape index (κ3) is 5.62. The van der Waals surface area contributed by atoms with Crippen molar-refractivity contribution in [2.24, 2.45) is 5.73 Å². The maximum Gasteiger partial charge on any atom is 0.321 e. The Morgan fingerprint density at radius 1 is 1.82 bits per heavy atom. The molecule has 1 atom stereocenters. The Morgan fingerprint density at radius 2 is 2.36 bits per heavy atom. The number of thioether (sulfide) groups is 1. The lowest BCUT2D eigenvalue weighted by Crippen LogP contribution is -2.32. The van der Waals surface area contributed by atoms with Gasteiger partial charge in [0, 0.05) is 10.7 Å². The Labute approximate surface area is 66.9 Å². The van der Waals surface area contributed by atoms with Crippen LogP contribution in [0.15, 0.2) is 0 Å². The predicted molar refractivity (Wildman–Crippen MR) is 39.9 cm³/mol. The van der Waals surface area contributed by atoms with Crippen LogP contribution in [0.1, 0.15) is 0 Å². The van der Waals surface area contributed by atoms with E-state index in [9.17, 15) is 14.9 Å². The van der Waals surface area contributed by atoms with E-state index in [4.69, 9.17) is 10.8 Å². The molecule has 0 rings (SSSR count). The first-order valence-electron chi connectivity index (χ1n) is 2.72. The number of nitrogens with zero attached hydrogens (tertiary/aromatic N) is 1. The van der Waals surface area contributed by atoms with Gasteiger partial charge < -0.3 is 10.8 Å². The number of carboxylic acids is 1. The van der Waals surface area contributed by atoms with Gasteiger partial charge in [-0.3, -0.25) is 14.9 Å². The molecule has 11 heavy (non-hydrogen) atoms. The summed E-state index contributed by atoms with van der Waals surface area (Å²) in [7, 11) is 0. The van der Waals surface area contributed by atoms with Gasteiger partial charge in [0.2, 0.25) is 5.88 Å². The molecule has 7 heteroatoms. The molecule has 64 valence electrons. The fraction of sp³-hybridized carbons (Fsp3) is 0.750. The molecule has 0 aliphatic heterocycles. The third-order valence-electron chi connectivity index (χ3n) is 0.811. The van der Waals surface area contributed by atoms with Gasteiger partial charge in [0.25, 0.3) is 0 Å². The van der Waals surface area contributed by atoms with E-state index in [1.54, 1.807) is 0 Å². The SMILES string of the molecule is N[C@@H](CSC[N+](=O)[O-])C(=O)O. The van der Waals surface area contributed by atoms with Crippen LogP contribution >= 0.6 is 11.8 Å². The topological polar surface area (TPSA) is 106 Å². The van der Waals surface area contributed by atoms with Gasteiger partial charge in [-0.15, -0.1) is 0 Å². The summed E-state index contributed by atoms with van der Waals surface area (Å²) >= 11 is 0.893. The molecule has 0 saturated carbocycles. The van der Waals surface area contributed by atoms with Crippen LogP contribution in [0, 0.1) is 10.1 Å². The van der Waals surface area contributed by atoms with Crippen molar-refractivity contribution < 1.29 is 14.8 Å². The lowest BCUT2D eigenvalue weighted by molar-refractivity contribution is -0.456. The van der Waals surface area contributed by atoms with Gasteiger partial charge in [0.1, 0.15) is 6.04 Å². The zero-order valence-electron chi connectivity index (χ0n) is 5.60. The number of hydrogen-bond donors (Lipinski definition) is 2. The number of hydrogen-bond acceptors (Lipinski definition) is 5. The molecule has 0 aromatic rings. The number of carbonyl (C=O) groups is 1. The van der Waals surface area contributed by atoms with Gasteiger partial charge >= 0.3 is 5.97 Å². The zero-order valence-corrected chi connectivity index (χ0v) is 6.41. The Morgan fingerprint density at radius 3 is 2.73 bits per heavy atom. The monoisotopic (exact) mass is 180 g/mol. The number of rotatable bonds is 5. The maximum absolute atomic E-state index is 10.1. The van der Waals surface area contributed by atoms with Gasteiger partial charge in [-0.2, -0.15) is 0 Å². The number of nitro groups is 1. The van der Waals surface area contributed by atoms with E-state index in [2.05, 4.69) is 0 Å². The van der Waals surface area contributed by atoms with Crippen molar-refractivity contribution in [1.82, 2.24) is 0 Å². The Bertz CT molecular complexity index is 162. The van der Waals surface area contributed by atoms with Crippen molar-refractivity contribution in [2.75, 3.05) is 11.6 Å². The molecule has 0 heterocycles. The molecule has 3 N–H and O–H groups in total. The summed E-state index contributed by atoms with van der Waals surface area (Å²) in [6, 6.07) is -1.01. The first kappa shape index (κ1) is 10.2. The van der Waals surface area contributed by atoms with Gasteiger partial charge in [0.05, 0.1) is 0 Å². The highest BCUT2D eigenvalue weighted by Gasteiger charge is 2.12. The fourth-order valence-corrected chi connectivity index (χ4v) is 0.976. The summed E-state index contributed by atoms with van der Waals surface area (Å²) in [6.45, 7) is 0. The molecule has 0 spiro atoms. The van der Waals surface area contributed by atoms with Crippen molar-refractivity contribution in [1.29, 1.82) is 0 Å². The Kier molecular flexibility index (Phi) is 4.55. The smallest absolute Gasteiger partial charge is 0.321 e. The molecule has 0 fully saturated rings. The summed E-state index contributed by atoms with van der Waals surface area (Å²) in [5.74, 6) is -1.38. The lowest BCUT2D eigenvalue weighted by Gasteiger charge is -2.01. The molecular formula is C4H8N2O4S. The van der Waals surface area contributed by atoms with Gasteiger partial charge in [-0.1, -0.05) is 11.8 Å².